The maximum absolute atomic E-state index is 9.42. The molecule has 1 aliphatic rings. The highest BCUT2D eigenvalue weighted by atomic mass is 16.7. The van der Waals surface area contributed by atoms with Crippen molar-refractivity contribution >= 4 is 0 Å². The maximum atomic E-state index is 9.42. The van der Waals surface area contributed by atoms with Crippen LogP contribution in [0.1, 0.15) is 5.48 Å². The molecule has 1 fully saturated rings. The molecule has 1 aliphatic heterocycles. The van der Waals surface area contributed by atoms with Crippen LogP contribution in [0.4, 0.5) is 0 Å². The molecule has 0 bridgehead atoms. The molecule has 6 nitrogen and oxygen atoms in total. The van der Waals surface area contributed by atoms with Crippen LogP contribution in [0, 0.1) is 0 Å². The molecule has 72 valence electrons. The summed E-state index contributed by atoms with van der Waals surface area (Å²) in [5.74, 6) is -2.98. The normalized spacial score (nSPS) is 70.6. The van der Waals surface area contributed by atoms with Crippen molar-refractivity contribution in [3.63, 3.8) is 0 Å². The van der Waals surface area contributed by atoms with Gasteiger partial charge < -0.3 is 30.3 Å². The van der Waals surface area contributed by atoms with E-state index in [-0.39, 0.29) is 0 Å². The van der Waals surface area contributed by atoms with Crippen molar-refractivity contribution in [2.45, 2.75) is 24.1 Å². The molecule has 0 aromatic rings. The van der Waals surface area contributed by atoms with Gasteiger partial charge >= 0.3 is 0 Å². The number of aliphatic hydroxyl groups excluding tert-OH is 2. The van der Waals surface area contributed by atoms with Gasteiger partial charge in [-0.3, -0.25) is 0 Å². The van der Waals surface area contributed by atoms with Gasteiger partial charge in [0.1, 0.15) is 18.3 Å². The fourth-order valence-electron chi connectivity index (χ4n) is 0.707. The summed E-state index contributed by atoms with van der Waals surface area (Å²) in [7, 11) is 0. The zero-order chi connectivity index (χ0) is 13.0. The van der Waals surface area contributed by atoms with Crippen molar-refractivity contribution in [2.24, 2.45) is 0 Å². The smallest absolute Gasteiger partial charge is 0.218 e. The lowest BCUT2D eigenvalue weighted by atomic mass is 9.98. The molecule has 4 atom stereocenters. The van der Waals surface area contributed by atoms with Crippen molar-refractivity contribution in [1.29, 1.82) is 0 Å². The third-order valence-electron chi connectivity index (χ3n) is 1.48. The van der Waals surface area contributed by atoms with E-state index in [1.807, 2.05) is 0 Å². The van der Waals surface area contributed by atoms with Crippen molar-refractivity contribution in [2.75, 3.05) is 13.2 Å². The first-order chi connectivity index (χ1) is 6.92. The van der Waals surface area contributed by atoms with E-state index in [1.54, 1.807) is 0 Å². The molecule has 1 rings (SSSR count). The largest absolute Gasteiger partial charge is 0.391 e. The summed E-state index contributed by atoms with van der Waals surface area (Å²) in [5, 5.41) is 46.1. The standard InChI is InChI=1S/C6H12O6/c7-2-6(11)5(10)4(9)3(8)1-12-6/h3-5,7-11H,1-2H2/t3-,4-,5+,6-/m0/s1/i1D2,3D,4D. The van der Waals surface area contributed by atoms with E-state index in [9.17, 15) is 20.4 Å². The first-order valence-corrected chi connectivity index (χ1v) is 3.08. The molecule has 0 spiro atoms. The molecule has 0 unspecified atom stereocenters. The van der Waals surface area contributed by atoms with Gasteiger partial charge in [0.25, 0.3) is 0 Å². The van der Waals surface area contributed by atoms with Crippen LogP contribution in [-0.4, -0.2) is 62.7 Å². The van der Waals surface area contributed by atoms with E-state index >= 15 is 0 Å². The molecule has 0 amide bonds. The van der Waals surface area contributed by atoms with Crippen LogP contribution < -0.4 is 0 Å². The Morgan fingerprint density at radius 2 is 2.17 bits per heavy atom. The van der Waals surface area contributed by atoms with Gasteiger partial charge in [0.15, 0.2) is 0 Å². The third-order valence-corrected chi connectivity index (χ3v) is 1.48. The van der Waals surface area contributed by atoms with Crippen LogP contribution in [0.2, 0.25) is 0 Å². The van der Waals surface area contributed by atoms with Gasteiger partial charge in [0.2, 0.25) is 5.79 Å². The monoisotopic (exact) mass is 184 g/mol. The zero-order valence-corrected chi connectivity index (χ0v) is 5.93. The van der Waals surface area contributed by atoms with Crippen molar-refractivity contribution in [3.05, 3.63) is 0 Å². The fraction of sp³-hybridized carbons (Fsp3) is 1.00. The first kappa shape index (κ1) is 5.48. The maximum Gasteiger partial charge on any atom is 0.218 e. The average molecular weight is 184 g/mol. The molecule has 0 aromatic heterocycles. The number of ether oxygens (including phenoxy) is 1. The summed E-state index contributed by atoms with van der Waals surface area (Å²) in [6.07, 6.45) is -9.61. The van der Waals surface area contributed by atoms with Gasteiger partial charge in [-0.15, -0.1) is 0 Å². The van der Waals surface area contributed by atoms with Gasteiger partial charge in [-0.05, 0) is 0 Å². The Morgan fingerprint density at radius 1 is 1.58 bits per heavy atom. The second-order valence-corrected chi connectivity index (χ2v) is 2.34. The van der Waals surface area contributed by atoms with E-state index in [1.165, 1.54) is 0 Å². The first-order valence-electron chi connectivity index (χ1n) is 5.08. The average Bonchev–Trinajstić information content (AvgIpc) is 2.13. The quantitative estimate of drug-likeness (QED) is 0.293. The Bertz CT molecular complexity index is 292. The van der Waals surface area contributed by atoms with Gasteiger partial charge in [0, 0.05) is 0 Å². The van der Waals surface area contributed by atoms with Crippen LogP contribution in [0.5, 0.6) is 0 Å². The lowest BCUT2D eigenvalue weighted by molar-refractivity contribution is -0.331. The Hall–Kier alpha value is -0.240. The van der Waals surface area contributed by atoms with E-state index in [4.69, 9.17) is 10.6 Å². The van der Waals surface area contributed by atoms with Gasteiger partial charge in [-0.2, -0.15) is 0 Å². The Balaban J connectivity index is 3.28. The number of rotatable bonds is 1. The SMILES string of the molecule is [2H]C1([2H])O[C@@](O)(CO)[C@H](O)[C@@]([2H])(O)[C@@]1([2H])O. The summed E-state index contributed by atoms with van der Waals surface area (Å²) >= 11 is 0. The fourth-order valence-corrected chi connectivity index (χ4v) is 0.707. The number of aliphatic hydroxyl groups is 5. The summed E-state index contributed by atoms with van der Waals surface area (Å²) in [5.41, 5.74) is 0. The van der Waals surface area contributed by atoms with E-state index in [2.05, 4.69) is 4.74 Å². The molecule has 0 aliphatic carbocycles. The summed E-state index contributed by atoms with van der Waals surface area (Å²) < 4.78 is 32.5. The van der Waals surface area contributed by atoms with E-state index in [0.717, 1.165) is 0 Å². The summed E-state index contributed by atoms with van der Waals surface area (Å²) in [6.45, 7) is -4.69. The second kappa shape index (κ2) is 3.25. The van der Waals surface area contributed by atoms with Crippen LogP contribution in [0.15, 0.2) is 0 Å². The molecule has 0 radical (unpaired) electrons. The van der Waals surface area contributed by atoms with Gasteiger partial charge in [0.05, 0.1) is 18.6 Å². The molecular formula is C6H12O6. The molecular weight excluding hydrogens is 168 g/mol. The molecule has 0 saturated carbocycles. The Morgan fingerprint density at radius 3 is 2.67 bits per heavy atom. The molecule has 1 saturated heterocycles. The van der Waals surface area contributed by atoms with Crippen molar-refractivity contribution in [1.82, 2.24) is 0 Å². The van der Waals surface area contributed by atoms with Crippen molar-refractivity contribution in [3.8, 4) is 0 Å². The lowest BCUT2D eigenvalue weighted by Gasteiger charge is -2.40. The molecule has 6 heteroatoms. The Kier molecular flexibility index (Phi) is 1.48. The minimum absolute atomic E-state index is 1.33. The predicted molar refractivity (Wildman–Crippen MR) is 36.0 cm³/mol. The van der Waals surface area contributed by atoms with Crippen LogP contribution >= 0.6 is 0 Å². The molecule has 5 N–H and O–H groups in total. The third kappa shape index (κ3) is 1.45. The zero-order valence-electron chi connectivity index (χ0n) is 9.93. The number of hydrogen-bond acceptors (Lipinski definition) is 6. The highest BCUT2D eigenvalue weighted by molar-refractivity contribution is 4.90. The van der Waals surface area contributed by atoms with E-state index in [0.29, 0.717) is 0 Å². The second-order valence-electron chi connectivity index (χ2n) is 2.34. The van der Waals surface area contributed by atoms with Crippen LogP contribution in [0.25, 0.3) is 0 Å². The molecule has 12 heavy (non-hydrogen) atoms. The molecule has 1 heterocycles. The minimum atomic E-state index is -3.54. The molecule has 0 aromatic carbocycles. The summed E-state index contributed by atoms with van der Waals surface area (Å²) in [6, 6.07) is 0. The van der Waals surface area contributed by atoms with Crippen molar-refractivity contribution < 1.29 is 35.8 Å². The highest BCUT2D eigenvalue weighted by Gasteiger charge is 2.47. The van der Waals surface area contributed by atoms with Crippen LogP contribution in [0.3, 0.4) is 0 Å². The topological polar surface area (TPSA) is 110 Å². The van der Waals surface area contributed by atoms with Gasteiger partial charge in [-0.25, -0.2) is 0 Å². The Labute approximate surface area is 74.3 Å². The lowest BCUT2D eigenvalue weighted by Crippen LogP contribution is -2.62. The minimum Gasteiger partial charge on any atom is -0.391 e. The van der Waals surface area contributed by atoms with Crippen LogP contribution in [-0.2, 0) is 4.74 Å². The summed E-state index contributed by atoms with van der Waals surface area (Å²) in [4.78, 5) is 0. The highest BCUT2D eigenvalue weighted by Crippen LogP contribution is 2.22. The number of hydrogen-bond donors (Lipinski definition) is 5. The van der Waals surface area contributed by atoms with Gasteiger partial charge in [-0.1, -0.05) is 0 Å². The van der Waals surface area contributed by atoms with E-state index < -0.39 is 37.2 Å². The predicted octanol–water partition coefficient (Wildman–Crippen LogP) is -3.22.